The maximum atomic E-state index is 13.0. The fraction of sp³-hybridized carbons (Fsp3) is 0.400. The molecule has 1 fully saturated rings. The third-order valence-electron chi connectivity index (χ3n) is 5.74. The summed E-state index contributed by atoms with van der Waals surface area (Å²) in [6.07, 6.45) is 3.84. The van der Waals surface area contributed by atoms with Gasteiger partial charge in [-0.15, -0.1) is 0 Å². The van der Waals surface area contributed by atoms with E-state index >= 15 is 0 Å². The summed E-state index contributed by atoms with van der Waals surface area (Å²) in [5, 5.41) is 9.91. The molecule has 2 aliphatic rings. The first-order valence-electron chi connectivity index (χ1n) is 11.6. The van der Waals surface area contributed by atoms with Crippen LogP contribution in [-0.2, 0) is 20.8 Å². The fourth-order valence-electron chi connectivity index (χ4n) is 3.99. The van der Waals surface area contributed by atoms with Gasteiger partial charge in [-0.2, -0.15) is 0 Å². The molecule has 9 nitrogen and oxygen atoms in total. The molecule has 3 heterocycles. The number of carbonyl (C=O) groups excluding carboxylic acids is 1. The summed E-state index contributed by atoms with van der Waals surface area (Å²) in [6.45, 7) is 4.38. The molecule has 0 aliphatic carbocycles. The molecule has 1 aromatic heterocycles. The lowest BCUT2D eigenvalue weighted by atomic mass is 10.0. The second-order valence-electron chi connectivity index (χ2n) is 8.42. The molecular formula is C25H29ClN4O5S. The molecule has 192 valence electrons. The molecule has 3 N–H and O–H groups in total. The Hall–Kier alpha value is -2.92. The first kappa shape index (κ1) is 26.2. The van der Waals surface area contributed by atoms with Gasteiger partial charge in [0.15, 0.2) is 5.75 Å². The molecule has 2 atom stereocenters. The number of methoxy groups -OCH3 is 1. The number of carbonyl (C=O) groups is 1. The number of para-hydroxylation sites is 1. The zero-order valence-corrected chi connectivity index (χ0v) is 21.7. The van der Waals surface area contributed by atoms with E-state index in [1.807, 2.05) is 13.0 Å². The van der Waals surface area contributed by atoms with Gasteiger partial charge in [-0.05, 0) is 25.1 Å². The number of rotatable bonds is 9. The molecule has 0 spiro atoms. The normalized spacial score (nSPS) is 19.9. The molecular weight excluding hydrogens is 504 g/mol. The van der Waals surface area contributed by atoms with Crippen molar-refractivity contribution in [1.29, 1.82) is 0 Å². The van der Waals surface area contributed by atoms with Gasteiger partial charge in [0.05, 0.1) is 49.4 Å². The van der Waals surface area contributed by atoms with E-state index in [-0.39, 0.29) is 23.0 Å². The number of ether oxygens (including phenoxy) is 4. The molecule has 0 bridgehead atoms. The van der Waals surface area contributed by atoms with Crippen LogP contribution >= 0.6 is 23.8 Å². The van der Waals surface area contributed by atoms with Crippen LogP contribution in [0.3, 0.4) is 0 Å². The number of nitrogens with one attached hydrogen (secondary N) is 3. The van der Waals surface area contributed by atoms with Crippen LogP contribution < -0.4 is 25.4 Å². The van der Waals surface area contributed by atoms with E-state index in [2.05, 4.69) is 20.9 Å². The largest absolute Gasteiger partial charge is 0.493 e. The van der Waals surface area contributed by atoms with Crippen LogP contribution in [0.5, 0.6) is 11.5 Å². The van der Waals surface area contributed by atoms with Crippen LogP contribution in [-0.4, -0.2) is 61.6 Å². The van der Waals surface area contributed by atoms with Crippen molar-refractivity contribution in [3.63, 3.8) is 0 Å². The van der Waals surface area contributed by atoms with Crippen molar-refractivity contribution in [2.75, 3.05) is 38.9 Å². The van der Waals surface area contributed by atoms with Gasteiger partial charge in [-0.3, -0.25) is 9.78 Å². The summed E-state index contributed by atoms with van der Waals surface area (Å²) in [5.41, 5.74) is 2.57. The molecule has 2 aliphatic heterocycles. The van der Waals surface area contributed by atoms with Crippen LogP contribution in [0.2, 0.25) is 5.02 Å². The van der Waals surface area contributed by atoms with Crippen molar-refractivity contribution in [3.05, 3.63) is 58.5 Å². The highest BCUT2D eigenvalue weighted by atomic mass is 35.5. The summed E-state index contributed by atoms with van der Waals surface area (Å²) < 4.78 is 22.5. The minimum atomic E-state index is -0.254. The molecule has 0 radical (unpaired) electrons. The van der Waals surface area contributed by atoms with E-state index in [1.54, 1.807) is 30.6 Å². The topological polar surface area (TPSA) is 103 Å². The number of nitrogens with zero attached hydrogens (tertiary/aromatic N) is 1. The van der Waals surface area contributed by atoms with E-state index in [1.165, 1.54) is 7.11 Å². The standard InChI is InChI=1S/C25H29ClN4O5S/c1-15-10-20(22(24(31)29-15)25(36)30-19-5-3-4-18(26)23(19)32-2)28-11-16-6-7-27-12-21(16)35-14-17-13-33-8-9-34-17/h3-7,12,15,17,28H,8-11,13-14H2,1-2H3,(H,29,31)(H,30,36). The number of amides is 1. The fourth-order valence-corrected chi connectivity index (χ4v) is 4.57. The van der Waals surface area contributed by atoms with Crippen LogP contribution in [0.1, 0.15) is 18.9 Å². The Kier molecular flexibility index (Phi) is 8.98. The number of benzene rings is 1. The maximum absolute atomic E-state index is 13.0. The lowest BCUT2D eigenvalue weighted by Crippen LogP contribution is -2.44. The number of aromatic nitrogens is 1. The minimum Gasteiger partial charge on any atom is -0.493 e. The van der Waals surface area contributed by atoms with Gasteiger partial charge in [0.2, 0.25) is 0 Å². The second-order valence-corrected chi connectivity index (χ2v) is 9.24. The Morgan fingerprint density at radius 2 is 2.19 bits per heavy atom. The summed E-state index contributed by atoms with van der Waals surface area (Å²) in [4.78, 5) is 17.4. The van der Waals surface area contributed by atoms with Gasteiger partial charge in [0.25, 0.3) is 5.91 Å². The third kappa shape index (κ3) is 6.44. The monoisotopic (exact) mass is 532 g/mol. The van der Waals surface area contributed by atoms with Gasteiger partial charge >= 0.3 is 0 Å². The summed E-state index contributed by atoms with van der Waals surface area (Å²) in [5.74, 6) is 0.835. The van der Waals surface area contributed by atoms with Crippen molar-refractivity contribution < 1.29 is 23.7 Å². The quantitative estimate of drug-likeness (QED) is 0.420. The zero-order chi connectivity index (χ0) is 25.5. The number of pyridine rings is 1. The van der Waals surface area contributed by atoms with Crippen molar-refractivity contribution in [3.8, 4) is 11.5 Å². The van der Waals surface area contributed by atoms with Gasteiger partial charge in [-0.1, -0.05) is 29.9 Å². The molecule has 2 unspecified atom stereocenters. The lowest BCUT2D eigenvalue weighted by molar-refractivity contribution is -0.118. The van der Waals surface area contributed by atoms with Crippen molar-refractivity contribution in [2.45, 2.75) is 32.0 Å². The number of hydrogen-bond donors (Lipinski definition) is 3. The smallest absolute Gasteiger partial charge is 0.256 e. The summed E-state index contributed by atoms with van der Waals surface area (Å²) in [6, 6.07) is 7.11. The molecule has 36 heavy (non-hydrogen) atoms. The van der Waals surface area contributed by atoms with Gasteiger partial charge in [-0.25, -0.2) is 0 Å². The molecule has 11 heteroatoms. The highest BCUT2D eigenvalue weighted by Crippen LogP contribution is 2.33. The molecule has 4 rings (SSSR count). The SMILES string of the molecule is COc1c(Cl)cccc1NC(=S)C1=C(NCc2ccncc2OCC2COCCO2)CC(C)NC1=O. The molecule has 1 saturated heterocycles. The number of thiocarbonyl (C=S) groups is 1. The maximum Gasteiger partial charge on any atom is 0.256 e. The molecule has 1 amide bonds. The van der Waals surface area contributed by atoms with Crippen molar-refractivity contribution in [2.24, 2.45) is 0 Å². The van der Waals surface area contributed by atoms with Crippen molar-refractivity contribution in [1.82, 2.24) is 15.6 Å². The first-order valence-corrected chi connectivity index (χ1v) is 12.4. The Bertz CT molecular complexity index is 1140. The molecule has 1 aromatic carbocycles. The molecule has 0 saturated carbocycles. The zero-order valence-electron chi connectivity index (χ0n) is 20.1. The van der Waals surface area contributed by atoms with Gasteiger partial charge < -0.3 is 34.9 Å². The van der Waals surface area contributed by atoms with Crippen LogP contribution in [0.15, 0.2) is 47.9 Å². The Morgan fingerprint density at radius 3 is 2.97 bits per heavy atom. The van der Waals surface area contributed by atoms with E-state index < -0.39 is 0 Å². The third-order valence-corrected chi connectivity index (χ3v) is 6.34. The lowest BCUT2D eigenvalue weighted by Gasteiger charge is -2.28. The van der Waals surface area contributed by atoms with Crippen LogP contribution in [0.4, 0.5) is 5.69 Å². The predicted octanol–water partition coefficient (Wildman–Crippen LogP) is 3.23. The number of halogens is 1. The highest BCUT2D eigenvalue weighted by molar-refractivity contribution is 7.81. The van der Waals surface area contributed by atoms with Gasteiger partial charge in [0, 0.05) is 36.5 Å². The Labute approximate surface area is 220 Å². The minimum absolute atomic E-state index is 0.0520. The summed E-state index contributed by atoms with van der Waals surface area (Å²) >= 11 is 11.9. The van der Waals surface area contributed by atoms with Crippen molar-refractivity contribution >= 4 is 40.4 Å². The van der Waals surface area contributed by atoms with E-state index in [9.17, 15) is 4.79 Å². The highest BCUT2D eigenvalue weighted by Gasteiger charge is 2.28. The van der Waals surface area contributed by atoms with E-state index in [0.29, 0.717) is 67.2 Å². The second kappa shape index (κ2) is 12.4. The van der Waals surface area contributed by atoms with E-state index in [0.717, 1.165) is 11.3 Å². The molecule has 2 aromatic rings. The number of hydrogen-bond acceptors (Lipinski definition) is 8. The van der Waals surface area contributed by atoms with Crippen LogP contribution in [0.25, 0.3) is 0 Å². The predicted molar refractivity (Wildman–Crippen MR) is 141 cm³/mol. The first-order chi connectivity index (χ1) is 17.5. The Morgan fingerprint density at radius 1 is 1.33 bits per heavy atom. The average Bonchev–Trinajstić information content (AvgIpc) is 2.87. The van der Waals surface area contributed by atoms with Crippen LogP contribution in [0, 0.1) is 0 Å². The Balaban J connectivity index is 1.51. The van der Waals surface area contributed by atoms with Gasteiger partial charge in [0.1, 0.15) is 23.4 Å². The number of anilines is 1. The average molecular weight is 533 g/mol. The summed E-state index contributed by atoms with van der Waals surface area (Å²) in [7, 11) is 1.53. The van der Waals surface area contributed by atoms with E-state index in [4.69, 9.17) is 42.8 Å².